The van der Waals surface area contributed by atoms with Crippen molar-refractivity contribution in [1.29, 1.82) is 0 Å². The molecule has 1 aromatic carbocycles. The Hall–Kier alpha value is -1.94. The van der Waals surface area contributed by atoms with E-state index in [0.717, 1.165) is 27.4 Å². The number of fused-ring (bicyclic) bond motifs is 1. The molecule has 20 heavy (non-hydrogen) atoms. The van der Waals surface area contributed by atoms with Gasteiger partial charge in [0.15, 0.2) is 5.82 Å². The highest BCUT2D eigenvalue weighted by Crippen LogP contribution is 2.28. The molecule has 3 rings (SSSR count). The Bertz CT molecular complexity index is 729. The predicted octanol–water partition coefficient (Wildman–Crippen LogP) is 4.52. The molecule has 0 atom stereocenters. The molecule has 1 N–H and O–H groups in total. The molecule has 0 aliphatic heterocycles. The van der Waals surface area contributed by atoms with Gasteiger partial charge in [0.2, 0.25) is 0 Å². The Morgan fingerprint density at radius 1 is 1.05 bits per heavy atom. The summed E-state index contributed by atoms with van der Waals surface area (Å²) in [4.78, 5) is 10.3. The van der Waals surface area contributed by atoms with Crippen LogP contribution in [0.4, 0.5) is 5.82 Å². The number of anilines is 1. The van der Waals surface area contributed by atoms with Crippen LogP contribution in [0.1, 0.15) is 25.3 Å². The molecule has 102 valence electrons. The molecule has 0 fully saturated rings. The zero-order chi connectivity index (χ0) is 14.1. The third-order valence-corrected chi connectivity index (χ3v) is 4.20. The van der Waals surface area contributed by atoms with E-state index in [0.29, 0.717) is 5.92 Å². The van der Waals surface area contributed by atoms with E-state index in [1.54, 1.807) is 11.3 Å². The SMILES string of the molecule is CNc1nc(-c2ccc(C(C)C)cc2)nc2sccc12. The van der Waals surface area contributed by atoms with E-state index in [-0.39, 0.29) is 0 Å². The van der Waals surface area contributed by atoms with Gasteiger partial charge in [0.1, 0.15) is 10.6 Å². The van der Waals surface area contributed by atoms with Gasteiger partial charge in [0.25, 0.3) is 0 Å². The molecule has 3 nitrogen and oxygen atoms in total. The number of benzene rings is 1. The Morgan fingerprint density at radius 3 is 2.45 bits per heavy atom. The second kappa shape index (κ2) is 5.21. The van der Waals surface area contributed by atoms with E-state index >= 15 is 0 Å². The van der Waals surface area contributed by atoms with Crippen LogP contribution in [-0.4, -0.2) is 17.0 Å². The number of rotatable bonds is 3. The molecule has 2 aromatic heterocycles. The highest BCUT2D eigenvalue weighted by molar-refractivity contribution is 7.16. The summed E-state index contributed by atoms with van der Waals surface area (Å²) in [7, 11) is 1.89. The van der Waals surface area contributed by atoms with E-state index in [9.17, 15) is 0 Å². The molecule has 3 aromatic rings. The zero-order valence-corrected chi connectivity index (χ0v) is 12.7. The third kappa shape index (κ3) is 2.27. The average Bonchev–Trinajstić information content (AvgIpc) is 2.94. The second-order valence-electron chi connectivity index (χ2n) is 5.06. The summed E-state index contributed by atoms with van der Waals surface area (Å²) < 4.78 is 0. The van der Waals surface area contributed by atoms with Crippen molar-refractivity contribution in [2.75, 3.05) is 12.4 Å². The number of aromatic nitrogens is 2. The fourth-order valence-electron chi connectivity index (χ4n) is 2.19. The molecule has 0 saturated heterocycles. The lowest BCUT2D eigenvalue weighted by Gasteiger charge is -2.08. The normalized spacial score (nSPS) is 11.2. The van der Waals surface area contributed by atoms with Gasteiger partial charge >= 0.3 is 0 Å². The zero-order valence-electron chi connectivity index (χ0n) is 11.8. The van der Waals surface area contributed by atoms with Crippen molar-refractivity contribution in [3.63, 3.8) is 0 Å². The maximum absolute atomic E-state index is 4.66. The molecule has 0 saturated carbocycles. The molecule has 2 heterocycles. The quantitative estimate of drug-likeness (QED) is 0.767. The smallest absolute Gasteiger partial charge is 0.163 e. The van der Waals surface area contributed by atoms with Gasteiger partial charge in [-0.15, -0.1) is 11.3 Å². The van der Waals surface area contributed by atoms with E-state index in [1.807, 2.05) is 12.4 Å². The van der Waals surface area contributed by atoms with Crippen molar-refractivity contribution in [3.8, 4) is 11.4 Å². The molecule has 0 amide bonds. The van der Waals surface area contributed by atoms with Crippen LogP contribution in [0, 0.1) is 0 Å². The van der Waals surface area contributed by atoms with E-state index in [2.05, 4.69) is 59.5 Å². The lowest BCUT2D eigenvalue weighted by molar-refractivity contribution is 0.867. The lowest BCUT2D eigenvalue weighted by atomic mass is 10.0. The van der Waals surface area contributed by atoms with Crippen LogP contribution in [0.5, 0.6) is 0 Å². The average molecular weight is 283 g/mol. The lowest BCUT2D eigenvalue weighted by Crippen LogP contribution is -1.97. The highest BCUT2D eigenvalue weighted by atomic mass is 32.1. The molecular formula is C16H17N3S. The molecule has 0 aliphatic carbocycles. The fraction of sp³-hybridized carbons (Fsp3) is 0.250. The van der Waals surface area contributed by atoms with E-state index < -0.39 is 0 Å². The van der Waals surface area contributed by atoms with Crippen molar-refractivity contribution in [3.05, 3.63) is 41.3 Å². The summed E-state index contributed by atoms with van der Waals surface area (Å²) in [6, 6.07) is 10.6. The second-order valence-corrected chi connectivity index (χ2v) is 5.96. The molecule has 0 bridgehead atoms. The Balaban J connectivity index is 2.09. The van der Waals surface area contributed by atoms with Crippen LogP contribution in [-0.2, 0) is 0 Å². The monoisotopic (exact) mass is 283 g/mol. The summed E-state index contributed by atoms with van der Waals surface area (Å²) in [5.74, 6) is 2.21. The molecular weight excluding hydrogens is 266 g/mol. The Morgan fingerprint density at radius 2 is 1.80 bits per heavy atom. The van der Waals surface area contributed by atoms with Crippen molar-refractivity contribution in [2.45, 2.75) is 19.8 Å². The van der Waals surface area contributed by atoms with Crippen LogP contribution in [0.2, 0.25) is 0 Å². The van der Waals surface area contributed by atoms with Gasteiger partial charge in [0.05, 0.1) is 5.39 Å². The van der Waals surface area contributed by atoms with Gasteiger partial charge in [-0.05, 0) is 22.9 Å². The molecule has 0 spiro atoms. The van der Waals surface area contributed by atoms with Crippen molar-refractivity contribution >= 4 is 27.4 Å². The minimum Gasteiger partial charge on any atom is -0.372 e. The molecule has 0 radical (unpaired) electrons. The van der Waals surface area contributed by atoms with Gasteiger partial charge in [-0.2, -0.15) is 0 Å². The maximum Gasteiger partial charge on any atom is 0.163 e. The van der Waals surface area contributed by atoms with E-state index in [1.165, 1.54) is 5.56 Å². The van der Waals surface area contributed by atoms with Crippen LogP contribution in [0.3, 0.4) is 0 Å². The fourth-order valence-corrected chi connectivity index (χ4v) is 2.96. The Kier molecular flexibility index (Phi) is 3.40. The number of nitrogens with one attached hydrogen (secondary N) is 1. The number of thiophene rings is 1. The topological polar surface area (TPSA) is 37.8 Å². The third-order valence-electron chi connectivity index (χ3n) is 3.40. The van der Waals surface area contributed by atoms with Crippen LogP contribution in [0.25, 0.3) is 21.6 Å². The molecule has 0 unspecified atom stereocenters. The summed E-state index contributed by atoms with van der Waals surface area (Å²) in [5, 5.41) is 6.28. The largest absolute Gasteiger partial charge is 0.372 e. The first-order valence-electron chi connectivity index (χ1n) is 6.72. The summed E-state index contributed by atoms with van der Waals surface area (Å²) >= 11 is 1.64. The first-order chi connectivity index (χ1) is 9.69. The van der Waals surface area contributed by atoms with Gasteiger partial charge < -0.3 is 5.32 Å². The first-order valence-corrected chi connectivity index (χ1v) is 7.60. The van der Waals surface area contributed by atoms with Crippen molar-refractivity contribution in [2.24, 2.45) is 0 Å². The van der Waals surface area contributed by atoms with Gasteiger partial charge in [0, 0.05) is 12.6 Å². The first kappa shape index (κ1) is 13.1. The van der Waals surface area contributed by atoms with Gasteiger partial charge in [-0.3, -0.25) is 0 Å². The minimum atomic E-state index is 0.539. The van der Waals surface area contributed by atoms with Gasteiger partial charge in [-0.1, -0.05) is 38.1 Å². The van der Waals surface area contributed by atoms with Gasteiger partial charge in [-0.25, -0.2) is 9.97 Å². The number of nitrogens with zero attached hydrogens (tertiary/aromatic N) is 2. The maximum atomic E-state index is 4.66. The predicted molar refractivity (Wildman–Crippen MR) is 86.5 cm³/mol. The Labute approximate surface area is 122 Å². The summed E-state index contributed by atoms with van der Waals surface area (Å²) in [5.41, 5.74) is 2.39. The molecule has 4 heteroatoms. The van der Waals surface area contributed by atoms with Crippen LogP contribution < -0.4 is 5.32 Å². The summed E-state index contributed by atoms with van der Waals surface area (Å²) in [6.07, 6.45) is 0. The molecule has 0 aliphatic rings. The standard InChI is InChI=1S/C16H17N3S/c1-10(2)11-4-6-12(7-5-11)14-18-15(17-3)13-8-9-20-16(13)19-14/h4-10H,1-3H3,(H,17,18,19). The van der Waals surface area contributed by atoms with Crippen LogP contribution in [0.15, 0.2) is 35.7 Å². The van der Waals surface area contributed by atoms with Crippen molar-refractivity contribution < 1.29 is 0 Å². The number of hydrogen-bond acceptors (Lipinski definition) is 4. The van der Waals surface area contributed by atoms with E-state index in [4.69, 9.17) is 0 Å². The summed E-state index contributed by atoms with van der Waals surface area (Å²) in [6.45, 7) is 4.39. The minimum absolute atomic E-state index is 0.539. The number of hydrogen-bond donors (Lipinski definition) is 1. The van der Waals surface area contributed by atoms with Crippen molar-refractivity contribution in [1.82, 2.24) is 9.97 Å². The highest BCUT2D eigenvalue weighted by Gasteiger charge is 2.09. The van der Waals surface area contributed by atoms with Crippen LogP contribution >= 0.6 is 11.3 Å².